The van der Waals surface area contributed by atoms with E-state index in [1.165, 1.54) is 0 Å². The van der Waals surface area contributed by atoms with Crippen molar-refractivity contribution < 1.29 is 44.0 Å². The number of carbonyl (C=O) groups is 4. The predicted octanol–water partition coefficient (Wildman–Crippen LogP) is 1.87. The lowest BCUT2D eigenvalue weighted by molar-refractivity contribution is -0.155. The molecule has 1 aliphatic heterocycles. The van der Waals surface area contributed by atoms with Crippen molar-refractivity contribution in [1.29, 1.82) is 0 Å². The van der Waals surface area contributed by atoms with Gasteiger partial charge in [-0.2, -0.15) is 0 Å². The molecule has 0 radical (unpaired) electrons. The molecule has 41 heavy (non-hydrogen) atoms. The SMILES string of the molecule is CC[C@@H](C)C1C(=O)C(C(N)=O)=C(O)[C@@]2(O)C(=O)C3=C(O)c4c(O)c(NC(=O)CN5CCCC5)cc(F)c4C[C@H]3C[C@@H]12. The minimum Gasteiger partial charge on any atom is -0.508 e. The van der Waals surface area contributed by atoms with Crippen LogP contribution in [0.15, 0.2) is 23.0 Å². The average Bonchev–Trinajstić information content (AvgIpc) is 3.41. The van der Waals surface area contributed by atoms with Gasteiger partial charge in [0.1, 0.15) is 22.9 Å². The number of amides is 2. The number of hydrogen-bond donors (Lipinski definition) is 6. The molecule has 0 aromatic heterocycles. The van der Waals surface area contributed by atoms with Gasteiger partial charge >= 0.3 is 0 Å². The number of fused-ring (bicyclic) bond motifs is 3. The number of nitrogens with zero attached hydrogens (tertiary/aromatic N) is 1. The Morgan fingerprint density at radius 2 is 1.88 bits per heavy atom. The zero-order chi connectivity index (χ0) is 30.0. The maximum atomic E-state index is 15.4. The number of carbonyl (C=O) groups excluding carboxylic acids is 4. The molecule has 1 aromatic rings. The largest absolute Gasteiger partial charge is 0.508 e. The molecular weight excluding hydrogens is 537 g/mol. The third-order valence-corrected chi connectivity index (χ3v) is 9.29. The molecule has 7 N–H and O–H groups in total. The highest BCUT2D eigenvalue weighted by Gasteiger charge is 2.64. The summed E-state index contributed by atoms with van der Waals surface area (Å²) in [5.41, 5.74) is 0.578. The van der Waals surface area contributed by atoms with Gasteiger partial charge in [0, 0.05) is 29.0 Å². The first kappa shape index (κ1) is 28.7. The van der Waals surface area contributed by atoms with Crippen molar-refractivity contribution in [3.63, 3.8) is 0 Å². The summed E-state index contributed by atoms with van der Waals surface area (Å²) < 4.78 is 15.4. The predicted molar refractivity (Wildman–Crippen MR) is 144 cm³/mol. The van der Waals surface area contributed by atoms with Gasteiger partial charge in [-0.25, -0.2) is 4.39 Å². The lowest BCUT2D eigenvalue weighted by Gasteiger charge is -2.50. The topological polar surface area (TPSA) is 190 Å². The average molecular weight is 572 g/mol. The van der Waals surface area contributed by atoms with Crippen LogP contribution in [0.1, 0.15) is 50.7 Å². The number of rotatable bonds is 6. The maximum absolute atomic E-state index is 15.4. The van der Waals surface area contributed by atoms with E-state index in [0.717, 1.165) is 32.0 Å². The highest BCUT2D eigenvalue weighted by atomic mass is 19.1. The third kappa shape index (κ3) is 4.31. The quantitative estimate of drug-likeness (QED) is 0.219. The maximum Gasteiger partial charge on any atom is 0.255 e. The van der Waals surface area contributed by atoms with Crippen molar-refractivity contribution in [2.45, 2.75) is 51.6 Å². The summed E-state index contributed by atoms with van der Waals surface area (Å²) >= 11 is 0. The minimum absolute atomic E-state index is 0.0318. The summed E-state index contributed by atoms with van der Waals surface area (Å²) in [6, 6.07) is 0.953. The fraction of sp³-hybridized carbons (Fsp3) is 0.517. The lowest BCUT2D eigenvalue weighted by Crippen LogP contribution is -2.62. The molecular formula is C29H34FN3O8. The highest BCUT2D eigenvalue weighted by Crippen LogP contribution is 2.55. The van der Waals surface area contributed by atoms with E-state index in [4.69, 9.17) is 5.73 Å². The Morgan fingerprint density at radius 3 is 2.49 bits per heavy atom. The van der Waals surface area contributed by atoms with Crippen LogP contribution < -0.4 is 11.1 Å². The zero-order valence-electron chi connectivity index (χ0n) is 22.9. The summed E-state index contributed by atoms with van der Waals surface area (Å²) in [4.78, 5) is 53.9. The number of phenols is 1. The van der Waals surface area contributed by atoms with E-state index in [1.54, 1.807) is 13.8 Å². The van der Waals surface area contributed by atoms with E-state index in [1.807, 2.05) is 4.90 Å². The first-order valence-electron chi connectivity index (χ1n) is 13.9. The number of aliphatic hydroxyl groups excluding tert-OH is 2. The number of hydrogen-bond acceptors (Lipinski definition) is 9. The van der Waals surface area contributed by atoms with Crippen LogP contribution in [-0.2, 0) is 25.6 Å². The fourth-order valence-electron chi connectivity index (χ4n) is 7.08. The van der Waals surface area contributed by atoms with Gasteiger partial charge in [-0.05, 0) is 50.6 Å². The van der Waals surface area contributed by atoms with Crippen LogP contribution in [0.4, 0.5) is 10.1 Å². The number of aliphatic hydroxyl groups is 3. The van der Waals surface area contributed by atoms with Gasteiger partial charge < -0.3 is 31.5 Å². The van der Waals surface area contributed by atoms with Crippen LogP contribution in [0.25, 0.3) is 5.76 Å². The first-order chi connectivity index (χ1) is 19.3. The minimum atomic E-state index is -2.75. The zero-order valence-corrected chi connectivity index (χ0v) is 22.9. The second kappa shape index (κ2) is 10.3. The molecule has 12 heteroatoms. The lowest BCUT2D eigenvalue weighted by atomic mass is 9.54. The molecule has 2 fully saturated rings. The molecule has 220 valence electrons. The van der Waals surface area contributed by atoms with Crippen LogP contribution in [0, 0.1) is 29.5 Å². The Balaban J connectivity index is 1.60. The van der Waals surface area contributed by atoms with Gasteiger partial charge in [-0.1, -0.05) is 20.3 Å². The van der Waals surface area contributed by atoms with E-state index in [2.05, 4.69) is 5.32 Å². The molecule has 5 rings (SSSR count). The van der Waals surface area contributed by atoms with Gasteiger partial charge in [-0.15, -0.1) is 0 Å². The number of ketones is 2. The van der Waals surface area contributed by atoms with Crippen LogP contribution in [0.3, 0.4) is 0 Å². The summed E-state index contributed by atoms with van der Waals surface area (Å²) in [7, 11) is 0. The highest BCUT2D eigenvalue weighted by molar-refractivity contribution is 6.23. The number of nitrogens with one attached hydrogen (secondary N) is 1. The van der Waals surface area contributed by atoms with Gasteiger partial charge in [0.2, 0.25) is 11.7 Å². The van der Waals surface area contributed by atoms with Crippen LogP contribution >= 0.6 is 0 Å². The Kier molecular flexibility index (Phi) is 7.19. The van der Waals surface area contributed by atoms with Gasteiger partial charge in [0.05, 0.1) is 17.8 Å². The van der Waals surface area contributed by atoms with Crippen molar-refractivity contribution in [2.75, 3.05) is 25.0 Å². The Hall–Kier alpha value is -3.77. The van der Waals surface area contributed by atoms with Crippen LogP contribution in [-0.4, -0.2) is 73.9 Å². The molecule has 0 spiro atoms. The summed E-state index contributed by atoms with van der Waals surface area (Å²) in [6.07, 6.45) is 2.08. The summed E-state index contributed by atoms with van der Waals surface area (Å²) in [5, 5.41) is 47.5. The molecule has 5 atom stereocenters. The fourth-order valence-corrected chi connectivity index (χ4v) is 7.08. The Morgan fingerprint density at radius 1 is 1.22 bits per heavy atom. The number of nitrogens with two attached hydrogens (primary N) is 1. The van der Waals surface area contributed by atoms with Gasteiger partial charge in [0.15, 0.2) is 17.1 Å². The number of likely N-dealkylation sites (tertiary alicyclic amines) is 1. The van der Waals surface area contributed by atoms with Crippen molar-refractivity contribution in [3.8, 4) is 5.75 Å². The number of aromatic hydroxyl groups is 1. The molecule has 11 nitrogen and oxygen atoms in total. The number of primary amides is 1. The monoisotopic (exact) mass is 571 g/mol. The van der Waals surface area contributed by atoms with Crippen molar-refractivity contribution in [3.05, 3.63) is 39.9 Å². The van der Waals surface area contributed by atoms with Crippen molar-refractivity contribution in [2.24, 2.45) is 29.4 Å². The molecule has 2 amide bonds. The van der Waals surface area contributed by atoms with E-state index in [-0.39, 0.29) is 36.2 Å². The van der Waals surface area contributed by atoms with E-state index >= 15 is 4.39 Å². The number of anilines is 1. The summed E-state index contributed by atoms with van der Waals surface area (Å²) in [6.45, 7) is 5.01. The standard InChI is InChI=1S/C29H34FN3O8/c1-3-12(2)19-15-9-13-8-14-16(30)10-17(32-18(34)11-33-6-4-5-7-33)23(35)21(14)25(37)20(13)26(38)29(15,41)27(39)22(24(19)36)28(31)40/h10,12-13,15,19,35,37,39,41H,3-9,11H2,1-2H3,(H2,31,40)(H,32,34)/t12-,13+,15+,19?,29+/m1/s1. The van der Waals surface area contributed by atoms with Crippen molar-refractivity contribution >= 4 is 34.8 Å². The summed E-state index contributed by atoms with van der Waals surface area (Å²) in [5.74, 6) is -10.7. The Labute approximate surface area is 235 Å². The number of halogens is 1. The van der Waals surface area contributed by atoms with E-state index in [9.17, 15) is 39.6 Å². The normalized spacial score (nSPS) is 28.7. The van der Waals surface area contributed by atoms with Crippen molar-refractivity contribution in [1.82, 2.24) is 4.90 Å². The number of phenolic OH excluding ortho intramolecular Hbond substituents is 1. The molecule has 1 heterocycles. The molecule has 4 aliphatic rings. The smallest absolute Gasteiger partial charge is 0.255 e. The van der Waals surface area contributed by atoms with E-state index in [0.29, 0.717) is 6.42 Å². The van der Waals surface area contributed by atoms with Gasteiger partial charge in [0.25, 0.3) is 5.91 Å². The number of benzene rings is 1. The first-order valence-corrected chi connectivity index (χ1v) is 13.9. The third-order valence-electron chi connectivity index (χ3n) is 9.29. The second-order valence-electron chi connectivity index (χ2n) is 11.6. The molecule has 1 saturated heterocycles. The molecule has 0 bridgehead atoms. The Bertz CT molecular complexity index is 1430. The second-order valence-corrected chi connectivity index (χ2v) is 11.6. The molecule has 1 unspecified atom stereocenters. The van der Waals surface area contributed by atoms with E-state index < -0.39 is 86.9 Å². The van der Waals surface area contributed by atoms with Crippen LogP contribution in [0.2, 0.25) is 0 Å². The number of Topliss-reactive ketones (excluding diaryl/α,β-unsaturated/α-hetero) is 2. The van der Waals surface area contributed by atoms with Gasteiger partial charge in [-0.3, -0.25) is 24.1 Å². The van der Waals surface area contributed by atoms with Crippen LogP contribution in [0.5, 0.6) is 5.75 Å². The molecule has 3 aliphatic carbocycles. The molecule has 1 saturated carbocycles. The molecule has 1 aromatic carbocycles.